The number of carbonyl (C=O) groups excluding carboxylic acids is 1. The van der Waals surface area contributed by atoms with E-state index in [-0.39, 0.29) is 12.3 Å². The fraction of sp³-hybridized carbons (Fsp3) is 0.294. The van der Waals surface area contributed by atoms with Crippen LogP contribution in [0.25, 0.3) is 0 Å². The van der Waals surface area contributed by atoms with Crippen LogP contribution in [0.5, 0.6) is 17.4 Å². The van der Waals surface area contributed by atoms with Crippen molar-refractivity contribution < 1.29 is 19.0 Å². The van der Waals surface area contributed by atoms with Crippen molar-refractivity contribution in [3.8, 4) is 17.4 Å². The average molecular weight is 316 g/mol. The third-order valence-electron chi connectivity index (χ3n) is 3.34. The molecular weight excluding hydrogens is 296 g/mol. The number of hydrogen-bond acceptors (Lipinski definition) is 5. The van der Waals surface area contributed by atoms with E-state index in [4.69, 9.17) is 14.2 Å². The van der Waals surface area contributed by atoms with Crippen LogP contribution in [-0.2, 0) is 17.8 Å². The second-order valence-electron chi connectivity index (χ2n) is 4.84. The van der Waals surface area contributed by atoms with Crippen LogP contribution >= 0.6 is 0 Å². The molecule has 6 heteroatoms. The monoisotopic (exact) mass is 316 g/mol. The quantitative estimate of drug-likeness (QED) is 0.845. The predicted octanol–water partition coefficient (Wildman–Crippen LogP) is 1.97. The van der Waals surface area contributed by atoms with E-state index >= 15 is 0 Å². The molecule has 0 spiro atoms. The molecule has 0 radical (unpaired) electrons. The number of hydrogen-bond donors (Lipinski definition) is 1. The van der Waals surface area contributed by atoms with E-state index < -0.39 is 0 Å². The van der Waals surface area contributed by atoms with Crippen molar-refractivity contribution in [2.45, 2.75) is 13.0 Å². The van der Waals surface area contributed by atoms with Crippen LogP contribution in [-0.4, -0.2) is 32.2 Å². The Morgan fingerprint density at radius 2 is 1.91 bits per heavy atom. The van der Waals surface area contributed by atoms with Gasteiger partial charge in [-0.15, -0.1) is 0 Å². The first-order valence-electron chi connectivity index (χ1n) is 7.12. The second kappa shape index (κ2) is 8.03. The van der Waals surface area contributed by atoms with Crippen molar-refractivity contribution >= 4 is 5.91 Å². The maximum Gasteiger partial charge on any atom is 0.224 e. The maximum absolute atomic E-state index is 12.1. The molecule has 1 amide bonds. The van der Waals surface area contributed by atoms with Gasteiger partial charge in [0.2, 0.25) is 11.8 Å². The molecule has 1 N–H and O–H groups in total. The van der Waals surface area contributed by atoms with Crippen LogP contribution in [0.3, 0.4) is 0 Å². The minimum Gasteiger partial charge on any atom is -0.497 e. The lowest BCUT2D eigenvalue weighted by molar-refractivity contribution is -0.120. The van der Waals surface area contributed by atoms with Crippen molar-refractivity contribution in [1.29, 1.82) is 0 Å². The first kappa shape index (κ1) is 16.6. The van der Waals surface area contributed by atoms with Gasteiger partial charge in [0.1, 0.15) is 11.5 Å². The molecular formula is C17H20N2O4. The van der Waals surface area contributed by atoms with E-state index in [0.717, 1.165) is 11.1 Å². The third-order valence-corrected chi connectivity index (χ3v) is 3.34. The van der Waals surface area contributed by atoms with E-state index in [1.165, 1.54) is 0 Å². The molecule has 122 valence electrons. The molecule has 0 unspecified atom stereocenters. The Balaban J connectivity index is 1.93. The number of carbonyl (C=O) groups is 1. The van der Waals surface area contributed by atoms with Crippen LogP contribution < -0.4 is 19.5 Å². The van der Waals surface area contributed by atoms with Gasteiger partial charge in [-0.25, -0.2) is 4.98 Å². The van der Waals surface area contributed by atoms with Crippen molar-refractivity contribution in [2.24, 2.45) is 0 Å². The first-order valence-corrected chi connectivity index (χ1v) is 7.12. The lowest BCUT2D eigenvalue weighted by atomic mass is 10.1. The van der Waals surface area contributed by atoms with E-state index in [9.17, 15) is 4.79 Å². The zero-order valence-corrected chi connectivity index (χ0v) is 13.5. The molecule has 0 atom stereocenters. The first-order chi connectivity index (χ1) is 11.2. The summed E-state index contributed by atoms with van der Waals surface area (Å²) in [7, 11) is 4.72. The minimum atomic E-state index is -0.0933. The molecule has 0 saturated heterocycles. The SMILES string of the molecule is COc1ccc(CC(=O)NCc2ccc(OC)nc2)c(OC)c1. The Hall–Kier alpha value is -2.76. The minimum absolute atomic E-state index is 0.0933. The van der Waals surface area contributed by atoms with Gasteiger partial charge in [0.25, 0.3) is 0 Å². The Kier molecular flexibility index (Phi) is 5.80. The summed E-state index contributed by atoms with van der Waals surface area (Å²) in [4.78, 5) is 16.2. The van der Waals surface area contributed by atoms with Crippen molar-refractivity contribution in [2.75, 3.05) is 21.3 Å². The second-order valence-corrected chi connectivity index (χ2v) is 4.84. The van der Waals surface area contributed by atoms with E-state index in [1.54, 1.807) is 45.7 Å². The fourth-order valence-corrected chi connectivity index (χ4v) is 2.07. The standard InChI is InChI=1S/C17H20N2O4/c1-21-14-6-5-13(15(9-14)22-2)8-16(20)18-10-12-4-7-17(23-3)19-11-12/h4-7,9,11H,8,10H2,1-3H3,(H,18,20). The molecule has 0 bridgehead atoms. The van der Waals surface area contributed by atoms with Crippen LogP contribution in [0.1, 0.15) is 11.1 Å². The van der Waals surface area contributed by atoms with Crippen molar-refractivity contribution in [1.82, 2.24) is 10.3 Å². The molecule has 0 aliphatic heterocycles. The largest absolute Gasteiger partial charge is 0.497 e. The Morgan fingerprint density at radius 3 is 2.52 bits per heavy atom. The summed E-state index contributed by atoms with van der Waals surface area (Å²) in [5, 5.41) is 2.86. The highest BCUT2D eigenvalue weighted by molar-refractivity contribution is 5.79. The average Bonchev–Trinajstić information content (AvgIpc) is 2.60. The molecule has 2 aromatic rings. The summed E-state index contributed by atoms with van der Waals surface area (Å²) >= 11 is 0. The normalized spacial score (nSPS) is 10.0. The summed E-state index contributed by atoms with van der Waals surface area (Å²) in [6.45, 7) is 0.411. The predicted molar refractivity (Wildman–Crippen MR) is 85.9 cm³/mol. The molecule has 2 rings (SSSR count). The van der Waals surface area contributed by atoms with Crippen LogP contribution in [0.2, 0.25) is 0 Å². The number of benzene rings is 1. The summed E-state index contributed by atoms with van der Waals surface area (Å²) in [6, 6.07) is 9.01. The lowest BCUT2D eigenvalue weighted by Gasteiger charge is -2.11. The van der Waals surface area contributed by atoms with Gasteiger partial charge < -0.3 is 19.5 Å². The number of ether oxygens (including phenoxy) is 3. The van der Waals surface area contributed by atoms with Gasteiger partial charge in [-0.3, -0.25) is 4.79 Å². The van der Waals surface area contributed by atoms with Gasteiger partial charge in [0.05, 0.1) is 27.8 Å². The fourth-order valence-electron chi connectivity index (χ4n) is 2.07. The Bertz CT molecular complexity index is 656. The highest BCUT2D eigenvalue weighted by atomic mass is 16.5. The zero-order chi connectivity index (χ0) is 16.7. The van der Waals surface area contributed by atoms with Gasteiger partial charge in [-0.2, -0.15) is 0 Å². The smallest absolute Gasteiger partial charge is 0.224 e. The molecule has 0 aliphatic carbocycles. The molecule has 0 aliphatic rings. The van der Waals surface area contributed by atoms with E-state index in [1.807, 2.05) is 12.1 Å². The van der Waals surface area contributed by atoms with Crippen molar-refractivity contribution in [3.63, 3.8) is 0 Å². The zero-order valence-electron chi connectivity index (χ0n) is 13.5. The molecule has 23 heavy (non-hydrogen) atoms. The van der Waals surface area contributed by atoms with Crippen LogP contribution in [0, 0.1) is 0 Å². The van der Waals surface area contributed by atoms with Crippen molar-refractivity contribution in [3.05, 3.63) is 47.7 Å². The summed E-state index contributed by atoms with van der Waals surface area (Å²) in [6.07, 6.45) is 1.91. The molecule has 1 aromatic carbocycles. The third kappa shape index (κ3) is 4.60. The van der Waals surface area contributed by atoms with Crippen LogP contribution in [0.4, 0.5) is 0 Å². The number of aromatic nitrogens is 1. The van der Waals surface area contributed by atoms with Gasteiger partial charge >= 0.3 is 0 Å². The number of nitrogens with one attached hydrogen (secondary N) is 1. The van der Waals surface area contributed by atoms with Gasteiger partial charge in [0, 0.05) is 30.4 Å². The lowest BCUT2D eigenvalue weighted by Crippen LogP contribution is -2.24. The number of methoxy groups -OCH3 is 3. The molecule has 0 fully saturated rings. The molecule has 1 aromatic heterocycles. The molecule has 0 saturated carbocycles. The molecule has 1 heterocycles. The van der Waals surface area contributed by atoms with Crippen LogP contribution in [0.15, 0.2) is 36.5 Å². The maximum atomic E-state index is 12.1. The van der Waals surface area contributed by atoms with E-state index in [0.29, 0.717) is 23.9 Å². The Morgan fingerprint density at radius 1 is 1.09 bits per heavy atom. The number of rotatable bonds is 7. The van der Waals surface area contributed by atoms with Gasteiger partial charge in [-0.1, -0.05) is 12.1 Å². The summed E-state index contributed by atoms with van der Waals surface area (Å²) < 4.78 is 15.4. The number of pyridine rings is 1. The Labute approximate surface area is 135 Å². The highest BCUT2D eigenvalue weighted by Crippen LogP contribution is 2.24. The topological polar surface area (TPSA) is 69.7 Å². The van der Waals surface area contributed by atoms with Gasteiger partial charge in [-0.05, 0) is 11.6 Å². The van der Waals surface area contributed by atoms with Gasteiger partial charge in [0.15, 0.2) is 0 Å². The summed E-state index contributed by atoms with van der Waals surface area (Å²) in [5.41, 5.74) is 1.71. The number of amides is 1. The molecule has 6 nitrogen and oxygen atoms in total. The summed E-state index contributed by atoms with van der Waals surface area (Å²) in [5.74, 6) is 1.77. The van der Waals surface area contributed by atoms with E-state index in [2.05, 4.69) is 10.3 Å². The number of nitrogens with zero attached hydrogens (tertiary/aromatic N) is 1. The highest BCUT2D eigenvalue weighted by Gasteiger charge is 2.10.